The molecule has 0 saturated heterocycles. The Kier molecular flexibility index (Phi) is 6.59. The number of halogens is 1. The number of urea groups is 1. The van der Waals surface area contributed by atoms with Crippen molar-refractivity contribution < 1.29 is 9.53 Å². The van der Waals surface area contributed by atoms with Crippen molar-refractivity contribution in [1.82, 2.24) is 19.2 Å². The Hall–Kier alpha value is -4.49. The summed E-state index contributed by atoms with van der Waals surface area (Å²) in [6, 6.07) is 28.9. The molecule has 1 aliphatic heterocycles. The number of methoxy groups -OCH3 is 1. The molecule has 1 N–H and O–H groups in total. The lowest BCUT2D eigenvalue weighted by Gasteiger charge is -2.31. The van der Waals surface area contributed by atoms with Crippen LogP contribution in [-0.4, -0.2) is 32.4 Å². The minimum absolute atomic E-state index is 0.264. The Bertz CT molecular complexity index is 1630. The van der Waals surface area contributed by atoms with Crippen molar-refractivity contribution in [3.63, 3.8) is 0 Å². The van der Waals surface area contributed by atoms with Gasteiger partial charge in [-0.15, -0.1) is 0 Å². The summed E-state index contributed by atoms with van der Waals surface area (Å²) >= 11 is 6.28. The number of carbonyl (C=O) groups excluding carboxylic acids is 1. The molecule has 0 saturated carbocycles. The van der Waals surface area contributed by atoms with E-state index in [1.165, 1.54) is 0 Å². The van der Waals surface area contributed by atoms with E-state index in [4.69, 9.17) is 21.4 Å². The third-order valence-electron chi connectivity index (χ3n) is 7.08. The van der Waals surface area contributed by atoms with Crippen LogP contribution in [0.3, 0.4) is 0 Å². The second-order valence-electron chi connectivity index (χ2n) is 9.37. The molecule has 2 aromatic heterocycles. The smallest absolute Gasteiger partial charge is 0.323 e. The van der Waals surface area contributed by atoms with E-state index in [0.29, 0.717) is 23.0 Å². The molecular weight excluding hydrogens is 510 g/mol. The number of ether oxygens (including phenoxy) is 1. The summed E-state index contributed by atoms with van der Waals surface area (Å²) in [4.78, 5) is 16.0. The van der Waals surface area contributed by atoms with Gasteiger partial charge in [0.25, 0.3) is 0 Å². The van der Waals surface area contributed by atoms with Crippen molar-refractivity contribution in [1.29, 1.82) is 0 Å². The summed E-state index contributed by atoms with van der Waals surface area (Å²) in [6.45, 7) is 2.45. The number of benzene rings is 3. The molecule has 5 aromatic rings. The van der Waals surface area contributed by atoms with Gasteiger partial charge in [-0.2, -0.15) is 5.10 Å². The van der Waals surface area contributed by atoms with E-state index in [9.17, 15) is 4.79 Å². The van der Waals surface area contributed by atoms with E-state index in [2.05, 4.69) is 35.0 Å². The van der Waals surface area contributed by atoms with Gasteiger partial charge in [-0.25, -0.2) is 9.48 Å². The number of hydrogen-bond donors (Lipinski definition) is 1. The fourth-order valence-corrected chi connectivity index (χ4v) is 5.47. The third kappa shape index (κ3) is 4.45. The summed E-state index contributed by atoms with van der Waals surface area (Å²) in [6.07, 6.45) is 2.78. The van der Waals surface area contributed by atoms with Crippen LogP contribution in [0.1, 0.15) is 35.5 Å². The van der Waals surface area contributed by atoms with E-state index in [-0.39, 0.29) is 12.1 Å². The van der Waals surface area contributed by atoms with Crippen LogP contribution in [0, 0.1) is 0 Å². The largest absolute Gasteiger partial charge is 0.495 e. The van der Waals surface area contributed by atoms with Crippen LogP contribution in [0.25, 0.3) is 11.5 Å². The Morgan fingerprint density at radius 2 is 1.77 bits per heavy atom. The molecule has 1 atom stereocenters. The van der Waals surface area contributed by atoms with Crippen LogP contribution in [-0.2, 0) is 13.0 Å². The summed E-state index contributed by atoms with van der Waals surface area (Å²) in [5, 5.41) is 8.60. The lowest BCUT2D eigenvalue weighted by atomic mass is 10.0. The zero-order valence-corrected chi connectivity index (χ0v) is 22.5. The molecule has 39 heavy (non-hydrogen) atoms. The number of fused-ring (bicyclic) bond motifs is 3. The van der Waals surface area contributed by atoms with Crippen LogP contribution < -0.4 is 10.1 Å². The molecule has 0 fully saturated rings. The summed E-state index contributed by atoms with van der Waals surface area (Å²) in [5.41, 5.74) is 5.40. The highest BCUT2D eigenvalue weighted by atomic mass is 35.5. The van der Waals surface area contributed by atoms with Gasteiger partial charge < -0.3 is 19.5 Å². The molecule has 2 amide bonds. The highest BCUT2D eigenvalue weighted by molar-refractivity contribution is 6.31. The zero-order chi connectivity index (χ0) is 26.9. The molecule has 3 aromatic carbocycles. The minimum atomic E-state index is -0.354. The third-order valence-corrected chi connectivity index (χ3v) is 7.32. The van der Waals surface area contributed by atoms with Gasteiger partial charge in [0.2, 0.25) is 0 Å². The number of amides is 2. The highest BCUT2D eigenvalue weighted by Crippen LogP contribution is 2.39. The number of nitrogens with one attached hydrogen (secondary N) is 1. The highest BCUT2D eigenvalue weighted by Gasteiger charge is 2.36. The van der Waals surface area contributed by atoms with E-state index in [0.717, 1.165) is 40.4 Å². The number of aromatic nitrogens is 3. The van der Waals surface area contributed by atoms with E-state index < -0.39 is 0 Å². The lowest BCUT2D eigenvalue weighted by Crippen LogP contribution is -2.38. The molecule has 0 unspecified atom stereocenters. The van der Waals surface area contributed by atoms with Crippen molar-refractivity contribution in [2.24, 2.45) is 0 Å². The molecule has 7 nitrogen and oxygen atoms in total. The predicted molar refractivity (Wildman–Crippen MR) is 153 cm³/mol. The van der Waals surface area contributed by atoms with Gasteiger partial charge in [-0.1, -0.05) is 67.1 Å². The van der Waals surface area contributed by atoms with Crippen molar-refractivity contribution in [3.05, 3.63) is 125 Å². The molecule has 8 heteroatoms. The Morgan fingerprint density at radius 1 is 1.03 bits per heavy atom. The van der Waals surface area contributed by atoms with Gasteiger partial charge in [-0.05, 0) is 54.4 Å². The van der Waals surface area contributed by atoms with Crippen molar-refractivity contribution >= 4 is 23.3 Å². The van der Waals surface area contributed by atoms with Gasteiger partial charge in [0, 0.05) is 16.8 Å². The number of nitrogens with zero attached hydrogens (tertiary/aromatic N) is 4. The maximum absolute atomic E-state index is 14.2. The van der Waals surface area contributed by atoms with Crippen LogP contribution in [0.5, 0.6) is 5.75 Å². The normalized spacial score (nSPS) is 14.3. The summed E-state index contributed by atoms with van der Waals surface area (Å²) < 4.78 is 9.66. The quantitative estimate of drug-likeness (QED) is 0.262. The molecule has 0 aliphatic carbocycles. The first-order valence-electron chi connectivity index (χ1n) is 12.9. The topological polar surface area (TPSA) is 64.3 Å². The van der Waals surface area contributed by atoms with Crippen LogP contribution in [0.2, 0.25) is 5.02 Å². The summed E-state index contributed by atoms with van der Waals surface area (Å²) in [7, 11) is 1.57. The lowest BCUT2D eigenvalue weighted by molar-refractivity contribution is 0.194. The Labute approximate surface area is 232 Å². The van der Waals surface area contributed by atoms with E-state index >= 15 is 0 Å². The second kappa shape index (κ2) is 10.3. The number of hydrogen-bond acceptors (Lipinski definition) is 3. The van der Waals surface area contributed by atoms with Crippen molar-refractivity contribution in [2.75, 3.05) is 12.4 Å². The number of aryl methyl sites for hydroxylation is 1. The SMILES string of the molecule is CCc1nn(-c2ccccc2)c2c1CN(C(=O)Nc1cc(Cl)ccc1OC)[C@H](c1ccccc1)c1cccn1-2. The van der Waals surface area contributed by atoms with Crippen LogP contribution in [0.15, 0.2) is 97.2 Å². The Balaban J connectivity index is 1.54. The predicted octanol–water partition coefficient (Wildman–Crippen LogP) is 7.02. The van der Waals surface area contributed by atoms with Gasteiger partial charge in [0.1, 0.15) is 11.6 Å². The average Bonchev–Trinajstić information content (AvgIpc) is 3.55. The van der Waals surface area contributed by atoms with Crippen molar-refractivity contribution in [3.8, 4) is 17.3 Å². The molecule has 0 radical (unpaired) electrons. The van der Waals surface area contributed by atoms with Gasteiger partial charge in [-0.3, -0.25) is 0 Å². The fraction of sp³-hybridized carbons (Fsp3) is 0.161. The monoisotopic (exact) mass is 537 g/mol. The number of para-hydroxylation sites is 1. The maximum atomic E-state index is 14.2. The first kappa shape index (κ1) is 24.8. The average molecular weight is 538 g/mol. The van der Waals surface area contributed by atoms with Crippen LogP contribution >= 0.6 is 11.6 Å². The van der Waals surface area contributed by atoms with E-state index in [1.807, 2.05) is 70.4 Å². The van der Waals surface area contributed by atoms with Gasteiger partial charge in [0.15, 0.2) is 0 Å². The fourth-order valence-electron chi connectivity index (χ4n) is 5.30. The minimum Gasteiger partial charge on any atom is -0.495 e. The van der Waals surface area contributed by atoms with Crippen LogP contribution in [0.4, 0.5) is 10.5 Å². The molecule has 3 heterocycles. The zero-order valence-electron chi connectivity index (χ0n) is 21.7. The molecule has 6 rings (SSSR count). The number of rotatable bonds is 5. The van der Waals surface area contributed by atoms with Gasteiger partial charge >= 0.3 is 6.03 Å². The maximum Gasteiger partial charge on any atom is 0.323 e. The molecule has 196 valence electrons. The molecule has 0 spiro atoms. The number of carbonyl (C=O) groups is 1. The van der Waals surface area contributed by atoms with Gasteiger partial charge in [0.05, 0.1) is 42.5 Å². The van der Waals surface area contributed by atoms with Crippen molar-refractivity contribution in [2.45, 2.75) is 25.9 Å². The first-order valence-corrected chi connectivity index (χ1v) is 13.3. The molecule has 1 aliphatic rings. The standard InChI is InChI=1S/C31H28ClN5O2/c1-3-25-24-20-36(31(38)33-26-19-22(32)16-17-28(26)39-2)29(21-11-6-4-7-12-21)27-15-10-18-35(27)30(24)37(34-25)23-13-8-5-9-14-23/h4-19,29H,3,20H2,1-2H3,(H,33,38)/t29-/m1/s1. The molecule has 0 bridgehead atoms. The number of anilines is 1. The summed E-state index contributed by atoms with van der Waals surface area (Å²) in [5.74, 6) is 1.48. The molecular formula is C31H28ClN5O2. The first-order chi connectivity index (χ1) is 19.1. The second-order valence-corrected chi connectivity index (χ2v) is 9.81. The van der Waals surface area contributed by atoms with E-state index in [1.54, 1.807) is 25.3 Å². The Morgan fingerprint density at radius 3 is 2.49 bits per heavy atom.